The molecule has 0 unspecified atom stereocenters. The van der Waals surface area contributed by atoms with E-state index in [9.17, 15) is 9.18 Å². The standard InChI is InChI=1S/C16H13ClFNO2/c1-19(13-7-4-12(18)5-8-13)14-6-2-11(15(17)10-14)3-9-16(20)21/h2-10H,1H3,(H,20,21)/b9-3+. The summed E-state index contributed by atoms with van der Waals surface area (Å²) in [6, 6.07) is 11.4. The lowest BCUT2D eigenvalue weighted by Gasteiger charge is -2.20. The van der Waals surface area contributed by atoms with Crippen molar-refractivity contribution in [3.05, 3.63) is 64.9 Å². The third-order valence-electron chi connectivity index (χ3n) is 2.99. The molecule has 1 N–H and O–H groups in total. The number of carboxylic acid groups (broad SMARTS) is 1. The summed E-state index contributed by atoms with van der Waals surface area (Å²) in [4.78, 5) is 12.4. The molecule has 0 heterocycles. The zero-order chi connectivity index (χ0) is 15.4. The molecule has 0 saturated carbocycles. The lowest BCUT2D eigenvalue weighted by atomic mass is 10.1. The maximum atomic E-state index is 12.9. The third kappa shape index (κ3) is 3.83. The van der Waals surface area contributed by atoms with Crippen LogP contribution in [-0.4, -0.2) is 18.1 Å². The van der Waals surface area contributed by atoms with Crippen LogP contribution in [0.15, 0.2) is 48.5 Å². The Kier molecular flexibility index (Phi) is 4.60. The summed E-state index contributed by atoms with van der Waals surface area (Å²) in [5, 5.41) is 9.05. The van der Waals surface area contributed by atoms with E-state index in [4.69, 9.17) is 16.7 Å². The minimum Gasteiger partial charge on any atom is -0.478 e. The number of carboxylic acids is 1. The second-order valence-corrected chi connectivity index (χ2v) is 4.82. The maximum Gasteiger partial charge on any atom is 0.328 e. The van der Waals surface area contributed by atoms with Crippen LogP contribution in [0.4, 0.5) is 15.8 Å². The van der Waals surface area contributed by atoms with Gasteiger partial charge in [0.25, 0.3) is 0 Å². The van der Waals surface area contributed by atoms with Gasteiger partial charge in [-0.05, 0) is 48.0 Å². The van der Waals surface area contributed by atoms with Crippen LogP contribution < -0.4 is 4.90 Å². The van der Waals surface area contributed by atoms with Gasteiger partial charge in [0.1, 0.15) is 5.82 Å². The van der Waals surface area contributed by atoms with Crippen LogP contribution in [0.3, 0.4) is 0 Å². The van der Waals surface area contributed by atoms with Gasteiger partial charge < -0.3 is 10.0 Å². The van der Waals surface area contributed by atoms with E-state index in [1.165, 1.54) is 18.2 Å². The van der Waals surface area contributed by atoms with E-state index >= 15 is 0 Å². The average molecular weight is 306 g/mol. The van der Waals surface area contributed by atoms with Gasteiger partial charge in [-0.1, -0.05) is 17.7 Å². The molecule has 0 aliphatic rings. The van der Waals surface area contributed by atoms with E-state index in [1.807, 2.05) is 18.0 Å². The van der Waals surface area contributed by atoms with Crippen molar-refractivity contribution in [2.45, 2.75) is 0 Å². The highest BCUT2D eigenvalue weighted by Crippen LogP contribution is 2.28. The van der Waals surface area contributed by atoms with Gasteiger partial charge in [0.05, 0.1) is 0 Å². The molecular formula is C16H13ClFNO2. The molecule has 108 valence electrons. The van der Waals surface area contributed by atoms with Gasteiger partial charge in [-0.15, -0.1) is 0 Å². The smallest absolute Gasteiger partial charge is 0.328 e. The molecule has 21 heavy (non-hydrogen) atoms. The number of carbonyl (C=O) groups is 1. The minimum absolute atomic E-state index is 0.292. The van der Waals surface area contributed by atoms with Gasteiger partial charge in [-0.2, -0.15) is 0 Å². The summed E-state index contributed by atoms with van der Waals surface area (Å²) in [6.45, 7) is 0. The first-order valence-electron chi connectivity index (χ1n) is 6.17. The van der Waals surface area contributed by atoms with Crippen LogP contribution >= 0.6 is 11.6 Å². The minimum atomic E-state index is -1.03. The van der Waals surface area contributed by atoms with Gasteiger partial charge >= 0.3 is 5.97 Å². The first-order valence-corrected chi connectivity index (χ1v) is 6.55. The quantitative estimate of drug-likeness (QED) is 0.854. The molecular weight excluding hydrogens is 293 g/mol. The van der Waals surface area contributed by atoms with E-state index in [0.29, 0.717) is 10.6 Å². The zero-order valence-corrected chi connectivity index (χ0v) is 12.0. The van der Waals surface area contributed by atoms with Crippen molar-refractivity contribution in [1.82, 2.24) is 0 Å². The third-order valence-corrected chi connectivity index (χ3v) is 3.32. The van der Waals surface area contributed by atoms with Crippen molar-refractivity contribution in [1.29, 1.82) is 0 Å². The second-order valence-electron chi connectivity index (χ2n) is 4.41. The molecule has 5 heteroatoms. The van der Waals surface area contributed by atoms with Gasteiger partial charge in [0, 0.05) is 29.5 Å². The summed E-state index contributed by atoms with van der Waals surface area (Å²) < 4.78 is 12.9. The molecule has 2 rings (SSSR count). The Morgan fingerprint density at radius 1 is 1.19 bits per heavy atom. The highest BCUT2D eigenvalue weighted by atomic mass is 35.5. The Labute approximate surface area is 126 Å². The number of nitrogens with zero attached hydrogens (tertiary/aromatic N) is 1. The Morgan fingerprint density at radius 3 is 2.38 bits per heavy atom. The Bertz CT molecular complexity index is 683. The van der Waals surface area contributed by atoms with Crippen molar-refractivity contribution in [3.8, 4) is 0 Å². The summed E-state index contributed by atoms with van der Waals surface area (Å²) in [7, 11) is 1.84. The predicted octanol–water partition coefficient (Wildman–Crippen LogP) is 4.34. The van der Waals surface area contributed by atoms with Crippen molar-refractivity contribution in [3.63, 3.8) is 0 Å². The molecule has 0 saturated heterocycles. The molecule has 0 amide bonds. The fourth-order valence-electron chi connectivity index (χ4n) is 1.83. The second kappa shape index (κ2) is 6.41. The number of aliphatic carboxylic acids is 1. The summed E-state index contributed by atoms with van der Waals surface area (Å²) >= 11 is 6.14. The van der Waals surface area contributed by atoms with Crippen molar-refractivity contribution >= 4 is 35.0 Å². The lowest BCUT2D eigenvalue weighted by Crippen LogP contribution is -2.09. The Hall–Kier alpha value is -2.33. The Morgan fingerprint density at radius 2 is 1.81 bits per heavy atom. The highest BCUT2D eigenvalue weighted by molar-refractivity contribution is 6.32. The molecule has 2 aromatic rings. The first kappa shape index (κ1) is 15.1. The van der Waals surface area contributed by atoms with E-state index in [0.717, 1.165) is 17.5 Å². The van der Waals surface area contributed by atoms with Crippen LogP contribution in [0, 0.1) is 5.82 Å². The van der Waals surface area contributed by atoms with Crippen molar-refractivity contribution in [2.75, 3.05) is 11.9 Å². The van der Waals surface area contributed by atoms with Gasteiger partial charge in [-0.25, -0.2) is 9.18 Å². The lowest BCUT2D eigenvalue weighted by molar-refractivity contribution is -0.131. The normalized spacial score (nSPS) is 10.8. The molecule has 0 aromatic heterocycles. The van der Waals surface area contributed by atoms with Gasteiger partial charge in [0.15, 0.2) is 0 Å². The molecule has 0 atom stereocenters. The van der Waals surface area contributed by atoms with Gasteiger partial charge in [-0.3, -0.25) is 0 Å². The van der Waals surface area contributed by atoms with E-state index < -0.39 is 5.97 Å². The number of halogens is 2. The Balaban J connectivity index is 2.27. The number of rotatable bonds is 4. The molecule has 0 bridgehead atoms. The van der Waals surface area contributed by atoms with Crippen LogP contribution in [-0.2, 0) is 4.79 Å². The number of hydrogen-bond donors (Lipinski definition) is 1. The molecule has 2 aromatic carbocycles. The van der Waals surface area contributed by atoms with Crippen molar-refractivity contribution in [2.24, 2.45) is 0 Å². The summed E-state index contributed by atoms with van der Waals surface area (Å²) in [5.74, 6) is -1.32. The first-order chi connectivity index (χ1) is 9.97. The van der Waals surface area contributed by atoms with Crippen LogP contribution in [0.2, 0.25) is 5.02 Å². The molecule has 0 spiro atoms. The average Bonchev–Trinajstić information content (AvgIpc) is 2.46. The summed E-state index contributed by atoms with van der Waals surface area (Å²) in [6.07, 6.45) is 2.47. The van der Waals surface area contributed by atoms with E-state index in [1.54, 1.807) is 24.3 Å². The molecule has 0 radical (unpaired) electrons. The fraction of sp³-hybridized carbons (Fsp3) is 0.0625. The number of hydrogen-bond acceptors (Lipinski definition) is 2. The fourth-order valence-corrected chi connectivity index (χ4v) is 2.07. The molecule has 0 aliphatic carbocycles. The largest absolute Gasteiger partial charge is 0.478 e. The maximum absolute atomic E-state index is 12.9. The highest BCUT2D eigenvalue weighted by Gasteiger charge is 2.06. The molecule has 3 nitrogen and oxygen atoms in total. The van der Waals surface area contributed by atoms with Gasteiger partial charge in [0.2, 0.25) is 0 Å². The topological polar surface area (TPSA) is 40.5 Å². The van der Waals surface area contributed by atoms with E-state index in [2.05, 4.69) is 0 Å². The van der Waals surface area contributed by atoms with Crippen LogP contribution in [0.25, 0.3) is 6.08 Å². The SMILES string of the molecule is CN(c1ccc(F)cc1)c1ccc(/C=C/C(=O)O)c(Cl)c1. The summed E-state index contributed by atoms with van der Waals surface area (Å²) in [5.41, 5.74) is 2.26. The number of benzene rings is 2. The van der Waals surface area contributed by atoms with E-state index in [-0.39, 0.29) is 5.82 Å². The number of anilines is 2. The molecule has 0 fully saturated rings. The molecule has 0 aliphatic heterocycles. The zero-order valence-electron chi connectivity index (χ0n) is 11.3. The predicted molar refractivity (Wildman–Crippen MR) is 82.6 cm³/mol. The van der Waals surface area contributed by atoms with Crippen LogP contribution in [0.1, 0.15) is 5.56 Å². The van der Waals surface area contributed by atoms with Crippen molar-refractivity contribution < 1.29 is 14.3 Å². The monoisotopic (exact) mass is 305 g/mol. The van der Waals surface area contributed by atoms with Crippen LogP contribution in [0.5, 0.6) is 0 Å².